The van der Waals surface area contributed by atoms with Crippen LogP contribution in [-0.2, 0) is 6.54 Å². The van der Waals surface area contributed by atoms with Gasteiger partial charge in [0, 0.05) is 10.0 Å². The topological polar surface area (TPSA) is 43.6 Å². The molecule has 0 radical (unpaired) electrons. The largest absolute Gasteiger partial charge is 0.206 e. The maximum atomic E-state index is 4.39. The van der Waals surface area contributed by atoms with Crippen molar-refractivity contribution in [2.45, 2.75) is 6.54 Å². The molecular formula is C16H13BrN4. The van der Waals surface area contributed by atoms with Gasteiger partial charge in [-0.25, -0.2) is 0 Å². The number of nitrogens with zero attached hydrogens (tertiary/aromatic N) is 4. The van der Waals surface area contributed by atoms with Crippen molar-refractivity contribution in [3.63, 3.8) is 0 Å². The van der Waals surface area contributed by atoms with Gasteiger partial charge in [0.25, 0.3) is 0 Å². The first-order valence-electron chi connectivity index (χ1n) is 6.57. The summed E-state index contributed by atoms with van der Waals surface area (Å²) in [5, 5.41) is 12.5. The van der Waals surface area contributed by atoms with Crippen molar-refractivity contribution >= 4 is 22.0 Å². The Hall–Kier alpha value is -2.27. The lowest BCUT2D eigenvalue weighted by molar-refractivity contribution is 0.583. The van der Waals surface area contributed by atoms with E-state index in [0.29, 0.717) is 12.4 Å². The average molecular weight is 341 g/mol. The minimum Gasteiger partial charge on any atom is -0.160 e. The fourth-order valence-electron chi connectivity index (χ4n) is 1.92. The normalized spacial score (nSPS) is 11.1. The third-order valence-electron chi connectivity index (χ3n) is 2.95. The molecule has 3 aromatic rings. The van der Waals surface area contributed by atoms with Crippen LogP contribution in [0, 0.1) is 0 Å². The van der Waals surface area contributed by atoms with Crippen LogP contribution in [0.25, 0.3) is 17.5 Å². The molecule has 0 aliphatic carbocycles. The van der Waals surface area contributed by atoms with Crippen molar-refractivity contribution in [1.29, 1.82) is 0 Å². The van der Waals surface area contributed by atoms with E-state index in [2.05, 4.69) is 43.5 Å². The lowest BCUT2D eigenvalue weighted by atomic mass is 10.2. The van der Waals surface area contributed by atoms with Crippen molar-refractivity contribution in [3.8, 4) is 11.4 Å². The molecule has 0 atom stereocenters. The van der Waals surface area contributed by atoms with Crippen molar-refractivity contribution in [2.75, 3.05) is 0 Å². The zero-order valence-electron chi connectivity index (χ0n) is 11.2. The monoisotopic (exact) mass is 340 g/mol. The van der Waals surface area contributed by atoms with Gasteiger partial charge in [0.2, 0.25) is 5.82 Å². The molecule has 5 heteroatoms. The van der Waals surface area contributed by atoms with Crippen LogP contribution in [0.3, 0.4) is 0 Å². The standard InChI is InChI=1S/C16H13BrN4/c17-15-11-5-4-10-14(15)16-18-20-21(19-16)12-6-9-13-7-2-1-3-8-13/h1-11H,12H2/b9-6+. The van der Waals surface area contributed by atoms with E-state index < -0.39 is 0 Å². The van der Waals surface area contributed by atoms with Crippen LogP contribution < -0.4 is 0 Å². The van der Waals surface area contributed by atoms with Crippen LogP contribution in [0.15, 0.2) is 65.1 Å². The quantitative estimate of drug-likeness (QED) is 0.725. The minimum atomic E-state index is 0.590. The summed E-state index contributed by atoms with van der Waals surface area (Å²) in [5.74, 6) is 0.621. The van der Waals surface area contributed by atoms with Crippen molar-refractivity contribution < 1.29 is 0 Å². The number of hydrogen-bond donors (Lipinski definition) is 0. The maximum Gasteiger partial charge on any atom is 0.206 e. The van der Waals surface area contributed by atoms with Crippen LogP contribution in [0.1, 0.15) is 5.56 Å². The van der Waals surface area contributed by atoms with Gasteiger partial charge in [-0.15, -0.1) is 10.2 Å². The third kappa shape index (κ3) is 3.44. The summed E-state index contributed by atoms with van der Waals surface area (Å²) in [6.07, 6.45) is 4.06. The second kappa shape index (κ2) is 6.45. The Morgan fingerprint density at radius 1 is 1.00 bits per heavy atom. The van der Waals surface area contributed by atoms with Crippen LogP contribution in [0.2, 0.25) is 0 Å². The van der Waals surface area contributed by atoms with Crippen LogP contribution in [0.4, 0.5) is 0 Å². The Kier molecular flexibility index (Phi) is 4.21. The van der Waals surface area contributed by atoms with E-state index in [1.165, 1.54) is 0 Å². The molecular weight excluding hydrogens is 328 g/mol. The Labute approximate surface area is 131 Å². The summed E-state index contributed by atoms with van der Waals surface area (Å²) in [4.78, 5) is 1.58. The van der Waals surface area contributed by atoms with Crippen LogP contribution >= 0.6 is 15.9 Å². The lowest BCUT2D eigenvalue weighted by Crippen LogP contribution is -1.99. The Morgan fingerprint density at radius 2 is 1.76 bits per heavy atom. The molecule has 0 fully saturated rings. The molecule has 0 aliphatic heterocycles. The molecule has 21 heavy (non-hydrogen) atoms. The summed E-state index contributed by atoms with van der Waals surface area (Å²) in [7, 11) is 0. The summed E-state index contributed by atoms with van der Waals surface area (Å²) in [6, 6.07) is 18.0. The molecule has 3 rings (SSSR count). The van der Waals surface area contributed by atoms with Gasteiger partial charge in [-0.2, -0.15) is 4.80 Å². The van der Waals surface area contributed by atoms with E-state index in [0.717, 1.165) is 15.6 Å². The SMILES string of the molecule is Brc1ccccc1-c1nnn(C/C=C/c2ccccc2)n1. The summed E-state index contributed by atoms with van der Waals surface area (Å²) >= 11 is 3.49. The van der Waals surface area contributed by atoms with Crippen molar-refractivity contribution in [2.24, 2.45) is 0 Å². The van der Waals surface area contributed by atoms with Gasteiger partial charge in [0.15, 0.2) is 0 Å². The predicted octanol–water partition coefficient (Wildman–Crippen LogP) is 3.82. The first-order valence-corrected chi connectivity index (χ1v) is 7.36. The molecule has 0 N–H and O–H groups in total. The number of rotatable bonds is 4. The van der Waals surface area contributed by atoms with Gasteiger partial charge in [-0.1, -0.05) is 70.5 Å². The Balaban J connectivity index is 1.71. The van der Waals surface area contributed by atoms with E-state index in [9.17, 15) is 0 Å². The van der Waals surface area contributed by atoms with Gasteiger partial charge < -0.3 is 0 Å². The van der Waals surface area contributed by atoms with E-state index in [-0.39, 0.29) is 0 Å². The molecule has 0 amide bonds. The zero-order valence-corrected chi connectivity index (χ0v) is 12.8. The molecule has 1 heterocycles. The van der Waals surface area contributed by atoms with E-state index >= 15 is 0 Å². The van der Waals surface area contributed by atoms with Gasteiger partial charge in [0.05, 0.1) is 6.54 Å². The highest BCUT2D eigenvalue weighted by atomic mass is 79.9. The highest BCUT2D eigenvalue weighted by Gasteiger charge is 2.07. The number of tetrazole rings is 1. The number of halogens is 1. The summed E-state index contributed by atoms with van der Waals surface area (Å²) < 4.78 is 0.962. The lowest BCUT2D eigenvalue weighted by Gasteiger charge is -1.97. The Morgan fingerprint density at radius 3 is 2.57 bits per heavy atom. The molecule has 104 valence electrons. The molecule has 4 nitrogen and oxygen atoms in total. The van der Waals surface area contributed by atoms with Crippen molar-refractivity contribution in [1.82, 2.24) is 20.2 Å². The molecule has 0 bridgehead atoms. The van der Waals surface area contributed by atoms with Gasteiger partial charge in [0.1, 0.15) is 0 Å². The van der Waals surface area contributed by atoms with E-state index in [1.807, 2.05) is 54.6 Å². The number of aromatic nitrogens is 4. The molecule has 0 saturated heterocycles. The van der Waals surface area contributed by atoms with Crippen LogP contribution in [-0.4, -0.2) is 20.2 Å². The minimum absolute atomic E-state index is 0.590. The third-order valence-corrected chi connectivity index (χ3v) is 3.64. The number of hydrogen-bond acceptors (Lipinski definition) is 3. The fraction of sp³-hybridized carbons (Fsp3) is 0.0625. The average Bonchev–Trinajstić information content (AvgIpc) is 2.97. The highest BCUT2D eigenvalue weighted by Crippen LogP contribution is 2.24. The second-order valence-electron chi connectivity index (χ2n) is 4.46. The molecule has 0 saturated carbocycles. The smallest absolute Gasteiger partial charge is 0.160 e. The van der Waals surface area contributed by atoms with Gasteiger partial charge in [-0.05, 0) is 22.9 Å². The maximum absolute atomic E-state index is 4.39. The number of allylic oxidation sites excluding steroid dienone is 1. The summed E-state index contributed by atoms with van der Waals surface area (Å²) in [6.45, 7) is 0.590. The first-order chi connectivity index (χ1) is 10.3. The molecule has 0 spiro atoms. The molecule has 0 unspecified atom stereocenters. The second-order valence-corrected chi connectivity index (χ2v) is 5.32. The van der Waals surface area contributed by atoms with Gasteiger partial charge >= 0.3 is 0 Å². The van der Waals surface area contributed by atoms with Crippen molar-refractivity contribution in [3.05, 3.63) is 70.7 Å². The highest BCUT2D eigenvalue weighted by molar-refractivity contribution is 9.10. The molecule has 1 aromatic heterocycles. The van der Waals surface area contributed by atoms with Crippen LogP contribution in [0.5, 0.6) is 0 Å². The fourth-order valence-corrected chi connectivity index (χ4v) is 2.38. The van der Waals surface area contributed by atoms with E-state index in [1.54, 1.807) is 4.80 Å². The van der Waals surface area contributed by atoms with E-state index in [4.69, 9.17) is 0 Å². The Bertz CT molecular complexity index is 750. The van der Waals surface area contributed by atoms with Gasteiger partial charge in [-0.3, -0.25) is 0 Å². The number of benzene rings is 2. The molecule has 2 aromatic carbocycles. The molecule has 0 aliphatic rings. The zero-order chi connectivity index (χ0) is 14.5. The first kappa shape index (κ1) is 13.7. The predicted molar refractivity (Wildman–Crippen MR) is 86.4 cm³/mol. The summed E-state index contributed by atoms with van der Waals surface area (Å²) in [5.41, 5.74) is 2.10.